The molecule has 1 aliphatic rings. The van der Waals surface area contributed by atoms with Crippen molar-refractivity contribution >= 4 is 5.91 Å². The molecule has 1 saturated carbocycles. The van der Waals surface area contributed by atoms with E-state index in [4.69, 9.17) is 0 Å². The molecule has 1 heterocycles. The van der Waals surface area contributed by atoms with Gasteiger partial charge in [-0.1, -0.05) is 13.8 Å². The minimum atomic E-state index is -0.133. The lowest BCUT2D eigenvalue weighted by atomic mass is 10.1. The SMILES string of the molecule is CNC(=O)c1cc(C(C)C)nc(C2CC2)n1. The maximum Gasteiger partial charge on any atom is 0.269 e. The monoisotopic (exact) mass is 219 g/mol. The van der Waals surface area contributed by atoms with E-state index in [1.165, 1.54) is 0 Å². The van der Waals surface area contributed by atoms with Crippen LogP contribution >= 0.6 is 0 Å². The molecule has 4 heteroatoms. The number of hydrogen-bond donors (Lipinski definition) is 1. The first-order chi connectivity index (χ1) is 7.61. The second kappa shape index (κ2) is 4.20. The van der Waals surface area contributed by atoms with Gasteiger partial charge in [0.05, 0.1) is 0 Å². The van der Waals surface area contributed by atoms with Crippen LogP contribution in [0.1, 0.15) is 60.5 Å². The summed E-state index contributed by atoms with van der Waals surface area (Å²) in [6.45, 7) is 4.15. The molecular weight excluding hydrogens is 202 g/mol. The van der Waals surface area contributed by atoms with Crippen molar-refractivity contribution in [3.8, 4) is 0 Å². The summed E-state index contributed by atoms with van der Waals surface area (Å²) in [5.41, 5.74) is 1.44. The summed E-state index contributed by atoms with van der Waals surface area (Å²) in [5.74, 6) is 1.50. The van der Waals surface area contributed by atoms with Gasteiger partial charge in [0.2, 0.25) is 0 Å². The number of amides is 1. The van der Waals surface area contributed by atoms with Crippen LogP contribution in [0.25, 0.3) is 0 Å². The summed E-state index contributed by atoms with van der Waals surface area (Å²) in [7, 11) is 1.62. The second-order valence-corrected chi connectivity index (χ2v) is 4.54. The molecule has 0 spiro atoms. The molecule has 1 aromatic rings. The number of carbonyl (C=O) groups excluding carboxylic acids is 1. The van der Waals surface area contributed by atoms with Gasteiger partial charge < -0.3 is 5.32 Å². The second-order valence-electron chi connectivity index (χ2n) is 4.54. The fraction of sp³-hybridized carbons (Fsp3) is 0.583. The van der Waals surface area contributed by atoms with Crippen molar-refractivity contribution in [2.24, 2.45) is 0 Å². The Bertz CT molecular complexity index is 390. The number of nitrogens with zero attached hydrogens (tertiary/aromatic N) is 2. The van der Waals surface area contributed by atoms with Gasteiger partial charge in [0.25, 0.3) is 5.91 Å². The highest BCUT2D eigenvalue weighted by Gasteiger charge is 2.28. The molecule has 1 N–H and O–H groups in total. The van der Waals surface area contributed by atoms with Gasteiger partial charge in [-0.25, -0.2) is 9.97 Å². The zero-order chi connectivity index (χ0) is 11.7. The molecular formula is C12H17N3O. The quantitative estimate of drug-likeness (QED) is 0.843. The molecule has 4 nitrogen and oxygen atoms in total. The topological polar surface area (TPSA) is 54.9 Å². The van der Waals surface area contributed by atoms with Crippen LogP contribution in [0.4, 0.5) is 0 Å². The molecule has 0 aromatic carbocycles. The molecule has 0 atom stereocenters. The van der Waals surface area contributed by atoms with Crippen LogP contribution in [0.5, 0.6) is 0 Å². The largest absolute Gasteiger partial charge is 0.354 e. The van der Waals surface area contributed by atoms with Gasteiger partial charge in [-0.3, -0.25) is 4.79 Å². The number of nitrogens with one attached hydrogen (secondary N) is 1. The van der Waals surface area contributed by atoms with Crippen molar-refractivity contribution < 1.29 is 4.79 Å². The van der Waals surface area contributed by atoms with Crippen LogP contribution in [0.2, 0.25) is 0 Å². The minimum Gasteiger partial charge on any atom is -0.354 e. The third-order valence-corrected chi connectivity index (χ3v) is 2.76. The summed E-state index contributed by atoms with van der Waals surface area (Å²) in [5, 5.41) is 2.60. The molecule has 1 fully saturated rings. The third kappa shape index (κ3) is 2.21. The van der Waals surface area contributed by atoms with Crippen molar-refractivity contribution in [2.45, 2.75) is 38.5 Å². The zero-order valence-electron chi connectivity index (χ0n) is 9.95. The van der Waals surface area contributed by atoms with Crippen LogP contribution < -0.4 is 5.32 Å². The van der Waals surface area contributed by atoms with E-state index < -0.39 is 0 Å². The van der Waals surface area contributed by atoms with E-state index in [9.17, 15) is 4.79 Å². The number of carbonyl (C=O) groups is 1. The van der Waals surface area contributed by atoms with E-state index in [0.717, 1.165) is 24.4 Å². The average Bonchev–Trinajstić information content (AvgIpc) is 3.11. The Labute approximate surface area is 95.5 Å². The molecule has 0 bridgehead atoms. The number of aromatic nitrogens is 2. The Kier molecular flexibility index (Phi) is 2.90. The molecule has 1 aliphatic carbocycles. The van der Waals surface area contributed by atoms with E-state index >= 15 is 0 Å². The predicted molar refractivity (Wildman–Crippen MR) is 61.5 cm³/mol. The Hall–Kier alpha value is -1.45. The molecule has 1 aromatic heterocycles. The van der Waals surface area contributed by atoms with Crippen molar-refractivity contribution in [3.05, 3.63) is 23.3 Å². The van der Waals surface area contributed by atoms with Crippen LogP contribution in [-0.2, 0) is 0 Å². The van der Waals surface area contributed by atoms with Gasteiger partial charge in [0, 0.05) is 18.7 Å². The molecule has 16 heavy (non-hydrogen) atoms. The molecule has 86 valence electrons. The molecule has 0 unspecified atom stereocenters. The third-order valence-electron chi connectivity index (χ3n) is 2.76. The zero-order valence-corrected chi connectivity index (χ0v) is 9.95. The normalized spacial score (nSPS) is 15.2. The molecule has 1 amide bonds. The maximum atomic E-state index is 11.6. The van der Waals surface area contributed by atoms with E-state index in [2.05, 4.69) is 29.1 Å². The summed E-state index contributed by atoms with van der Waals surface area (Å²) in [6.07, 6.45) is 2.30. The summed E-state index contributed by atoms with van der Waals surface area (Å²) >= 11 is 0. The summed E-state index contributed by atoms with van der Waals surface area (Å²) in [6, 6.07) is 1.79. The lowest BCUT2D eigenvalue weighted by Crippen LogP contribution is -2.20. The van der Waals surface area contributed by atoms with Gasteiger partial charge in [-0.15, -0.1) is 0 Å². The standard InChI is InChI=1S/C12H17N3O/c1-7(2)9-6-10(12(16)13-3)15-11(14-9)8-4-5-8/h6-8H,4-5H2,1-3H3,(H,13,16). The fourth-order valence-electron chi connectivity index (χ4n) is 1.55. The van der Waals surface area contributed by atoms with Gasteiger partial charge >= 0.3 is 0 Å². The van der Waals surface area contributed by atoms with Crippen molar-refractivity contribution in [1.82, 2.24) is 15.3 Å². The Morgan fingerprint density at radius 3 is 2.62 bits per heavy atom. The number of rotatable bonds is 3. The van der Waals surface area contributed by atoms with Crippen molar-refractivity contribution in [2.75, 3.05) is 7.05 Å². The van der Waals surface area contributed by atoms with Gasteiger partial charge in [0.15, 0.2) is 0 Å². The molecule has 2 rings (SSSR count). The first-order valence-corrected chi connectivity index (χ1v) is 5.72. The van der Waals surface area contributed by atoms with E-state index in [1.54, 1.807) is 13.1 Å². The fourth-order valence-corrected chi connectivity index (χ4v) is 1.55. The predicted octanol–water partition coefficient (Wildman–Crippen LogP) is 1.84. The minimum absolute atomic E-state index is 0.133. The maximum absolute atomic E-state index is 11.6. The highest BCUT2D eigenvalue weighted by molar-refractivity contribution is 5.92. The van der Waals surface area contributed by atoms with E-state index in [1.807, 2.05) is 0 Å². The summed E-state index contributed by atoms with van der Waals surface area (Å²) < 4.78 is 0. The van der Waals surface area contributed by atoms with Gasteiger partial charge in [-0.2, -0.15) is 0 Å². The Balaban J connectivity index is 2.40. The lowest BCUT2D eigenvalue weighted by molar-refractivity contribution is 0.0957. The first-order valence-electron chi connectivity index (χ1n) is 5.72. The summed E-state index contributed by atoms with van der Waals surface area (Å²) in [4.78, 5) is 20.4. The van der Waals surface area contributed by atoms with Crippen LogP contribution in [0, 0.1) is 0 Å². The average molecular weight is 219 g/mol. The molecule has 0 aliphatic heterocycles. The highest BCUT2D eigenvalue weighted by Crippen LogP contribution is 2.38. The Morgan fingerprint density at radius 1 is 1.44 bits per heavy atom. The molecule has 0 radical (unpaired) electrons. The lowest BCUT2D eigenvalue weighted by Gasteiger charge is -2.09. The Morgan fingerprint density at radius 2 is 2.12 bits per heavy atom. The highest BCUT2D eigenvalue weighted by atomic mass is 16.1. The van der Waals surface area contributed by atoms with Crippen LogP contribution in [0.3, 0.4) is 0 Å². The van der Waals surface area contributed by atoms with Crippen LogP contribution in [-0.4, -0.2) is 22.9 Å². The van der Waals surface area contributed by atoms with E-state index in [0.29, 0.717) is 17.5 Å². The van der Waals surface area contributed by atoms with Crippen LogP contribution in [0.15, 0.2) is 6.07 Å². The molecule has 0 saturated heterocycles. The van der Waals surface area contributed by atoms with Gasteiger partial charge in [-0.05, 0) is 24.8 Å². The number of hydrogen-bond acceptors (Lipinski definition) is 3. The van der Waals surface area contributed by atoms with Crippen molar-refractivity contribution in [3.63, 3.8) is 0 Å². The van der Waals surface area contributed by atoms with Gasteiger partial charge in [0.1, 0.15) is 11.5 Å². The first kappa shape index (κ1) is 11.0. The smallest absolute Gasteiger partial charge is 0.269 e. The van der Waals surface area contributed by atoms with Crippen molar-refractivity contribution in [1.29, 1.82) is 0 Å². The van der Waals surface area contributed by atoms with E-state index in [-0.39, 0.29) is 5.91 Å².